The van der Waals surface area contributed by atoms with Gasteiger partial charge in [-0.3, -0.25) is 0 Å². The molecule has 0 atom stereocenters. The largest absolute Gasteiger partial charge is 0.508 e. The maximum absolute atomic E-state index is 10.6. The van der Waals surface area contributed by atoms with Crippen LogP contribution in [0.5, 0.6) is 11.5 Å². The maximum atomic E-state index is 10.6. The van der Waals surface area contributed by atoms with E-state index >= 15 is 0 Å². The molecule has 2 aromatic rings. The monoisotopic (exact) mass is 298 g/mol. The third kappa shape index (κ3) is 3.44. The fourth-order valence-corrected chi connectivity index (χ4v) is 2.87. The van der Waals surface area contributed by atoms with Crippen LogP contribution in [-0.4, -0.2) is 10.2 Å². The molecule has 118 valence electrons. The third-order valence-electron chi connectivity index (χ3n) is 4.09. The van der Waals surface area contributed by atoms with Crippen LogP contribution in [-0.2, 0) is 19.3 Å². The van der Waals surface area contributed by atoms with Gasteiger partial charge >= 0.3 is 0 Å². The smallest absolute Gasteiger partial charge is 0.126 e. The predicted octanol–water partition coefficient (Wildman–Crippen LogP) is 5.23. The second-order valence-corrected chi connectivity index (χ2v) is 5.85. The quantitative estimate of drug-likeness (QED) is 0.766. The highest BCUT2D eigenvalue weighted by atomic mass is 16.3. The van der Waals surface area contributed by atoms with Crippen LogP contribution in [0.4, 0.5) is 0 Å². The Morgan fingerprint density at radius 1 is 0.818 bits per heavy atom. The number of benzene rings is 2. The summed E-state index contributed by atoms with van der Waals surface area (Å²) in [4.78, 5) is 0. The van der Waals surface area contributed by atoms with E-state index in [0.717, 1.165) is 54.4 Å². The Hall–Kier alpha value is -1.96. The zero-order chi connectivity index (χ0) is 16.1. The number of phenols is 2. The lowest BCUT2D eigenvalue weighted by Gasteiger charge is -2.14. The minimum atomic E-state index is 0.338. The molecule has 22 heavy (non-hydrogen) atoms. The second-order valence-electron chi connectivity index (χ2n) is 5.85. The van der Waals surface area contributed by atoms with Crippen molar-refractivity contribution in [3.05, 3.63) is 47.0 Å². The van der Waals surface area contributed by atoms with E-state index in [2.05, 4.69) is 32.9 Å². The van der Waals surface area contributed by atoms with Gasteiger partial charge in [0, 0.05) is 5.56 Å². The fourth-order valence-electron chi connectivity index (χ4n) is 2.87. The van der Waals surface area contributed by atoms with Crippen molar-refractivity contribution in [2.75, 3.05) is 0 Å². The first-order valence-corrected chi connectivity index (χ1v) is 8.27. The standard InChI is InChI=1S/C20H26O2/c1-4-7-16-13-15(9-10-19(16)21)18-12-14(6-3)11-17(8-5-2)20(18)22/h9-13,21-22H,4-8H2,1-3H3. The van der Waals surface area contributed by atoms with Crippen molar-refractivity contribution in [2.45, 2.75) is 52.9 Å². The SMILES string of the molecule is CCCc1cc(-c2cc(CC)cc(CCC)c2O)ccc1O. The molecule has 0 spiro atoms. The number of hydrogen-bond donors (Lipinski definition) is 2. The average molecular weight is 298 g/mol. The highest BCUT2D eigenvalue weighted by Crippen LogP contribution is 2.36. The zero-order valence-corrected chi connectivity index (χ0v) is 13.8. The van der Waals surface area contributed by atoms with E-state index < -0.39 is 0 Å². The van der Waals surface area contributed by atoms with Crippen LogP contribution in [0.25, 0.3) is 11.1 Å². The van der Waals surface area contributed by atoms with Crippen LogP contribution >= 0.6 is 0 Å². The second kappa shape index (κ2) is 7.35. The first kappa shape index (κ1) is 16.4. The van der Waals surface area contributed by atoms with Gasteiger partial charge in [-0.15, -0.1) is 0 Å². The molecular weight excluding hydrogens is 272 g/mol. The summed E-state index contributed by atoms with van der Waals surface area (Å²) in [6, 6.07) is 9.80. The van der Waals surface area contributed by atoms with Crippen LogP contribution in [0, 0.1) is 0 Å². The highest BCUT2D eigenvalue weighted by Gasteiger charge is 2.12. The molecule has 0 radical (unpaired) electrons. The summed E-state index contributed by atoms with van der Waals surface area (Å²) < 4.78 is 0. The Morgan fingerprint density at radius 3 is 2.14 bits per heavy atom. The Labute approximate surface area is 133 Å². The molecular formula is C20H26O2. The third-order valence-corrected chi connectivity index (χ3v) is 4.09. The summed E-state index contributed by atoms with van der Waals surface area (Å²) in [5, 5.41) is 20.6. The van der Waals surface area contributed by atoms with Gasteiger partial charge in [-0.05, 0) is 59.7 Å². The Balaban J connectivity index is 2.55. The van der Waals surface area contributed by atoms with Gasteiger partial charge in [0.05, 0.1) is 0 Å². The molecule has 0 unspecified atom stereocenters. The van der Waals surface area contributed by atoms with E-state index in [1.54, 1.807) is 6.07 Å². The first-order valence-electron chi connectivity index (χ1n) is 8.27. The van der Waals surface area contributed by atoms with E-state index in [0.29, 0.717) is 11.5 Å². The summed E-state index contributed by atoms with van der Waals surface area (Å²) in [7, 11) is 0. The van der Waals surface area contributed by atoms with E-state index in [1.807, 2.05) is 12.1 Å². The molecule has 2 N–H and O–H groups in total. The van der Waals surface area contributed by atoms with Gasteiger partial charge in [0.25, 0.3) is 0 Å². The molecule has 0 bridgehead atoms. The summed E-state index contributed by atoms with van der Waals surface area (Å²) in [6.45, 7) is 6.35. The number of aromatic hydroxyl groups is 2. The highest BCUT2D eigenvalue weighted by molar-refractivity contribution is 5.74. The lowest BCUT2D eigenvalue weighted by Crippen LogP contribution is -1.93. The van der Waals surface area contributed by atoms with Gasteiger partial charge < -0.3 is 10.2 Å². The van der Waals surface area contributed by atoms with Crippen LogP contribution < -0.4 is 0 Å². The molecule has 2 nitrogen and oxygen atoms in total. The lowest BCUT2D eigenvalue weighted by atomic mass is 9.93. The van der Waals surface area contributed by atoms with Crippen molar-refractivity contribution in [2.24, 2.45) is 0 Å². The van der Waals surface area contributed by atoms with Gasteiger partial charge in [0.2, 0.25) is 0 Å². The molecule has 0 heterocycles. The summed E-state index contributed by atoms with van der Waals surface area (Å²) in [5.41, 5.74) is 5.05. The van der Waals surface area contributed by atoms with Gasteiger partial charge in [0.15, 0.2) is 0 Å². The van der Waals surface area contributed by atoms with Gasteiger partial charge in [-0.25, -0.2) is 0 Å². The Morgan fingerprint density at radius 2 is 1.50 bits per heavy atom. The number of hydrogen-bond acceptors (Lipinski definition) is 2. The summed E-state index contributed by atoms with van der Waals surface area (Å²) in [6.07, 6.45) is 4.67. The number of aryl methyl sites for hydroxylation is 3. The van der Waals surface area contributed by atoms with Crippen LogP contribution in [0.1, 0.15) is 50.3 Å². The summed E-state index contributed by atoms with van der Waals surface area (Å²) >= 11 is 0. The van der Waals surface area contributed by atoms with Gasteiger partial charge in [0.1, 0.15) is 11.5 Å². The normalized spacial score (nSPS) is 10.9. The molecule has 2 heteroatoms. The van der Waals surface area contributed by atoms with Crippen molar-refractivity contribution >= 4 is 0 Å². The first-order chi connectivity index (χ1) is 10.6. The predicted molar refractivity (Wildman–Crippen MR) is 92.6 cm³/mol. The number of phenolic OH excluding ortho intramolecular Hbond substituents is 2. The molecule has 0 fully saturated rings. The molecule has 2 rings (SSSR count). The van der Waals surface area contributed by atoms with Gasteiger partial charge in [-0.1, -0.05) is 45.7 Å². The Kier molecular flexibility index (Phi) is 5.48. The number of rotatable bonds is 6. The zero-order valence-electron chi connectivity index (χ0n) is 13.8. The van der Waals surface area contributed by atoms with Crippen molar-refractivity contribution in [1.29, 1.82) is 0 Å². The topological polar surface area (TPSA) is 40.5 Å². The molecule has 0 aliphatic heterocycles. The average Bonchev–Trinajstić information content (AvgIpc) is 2.52. The van der Waals surface area contributed by atoms with Crippen molar-refractivity contribution in [1.82, 2.24) is 0 Å². The molecule has 0 saturated carbocycles. The maximum Gasteiger partial charge on any atom is 0.126 e. The molecule has 0 aromatic heterocycles. The molecule has 0 saturated heterocycles. The van der Waals surface area contributed by atoms with E-state index in [-0.39, 0.29) is 0 Å². The molecule has 2 aromatic carbocycles. The minimum absolute atomic E-state index is 0.338. The van der Waals surface area contributed by atoms with Crippen LogP contribution in [0.3, 0.4) is 0 Å². The Bertz CT molecular complexity index is 644. The summed E-state index contributed by atoms with van der Waals surface area (Å²) in [5.74, 6) is 0.720. The molecule has 0 amide bonds. The molecule has 0 aliphatic rings. The van der Waals surface area contributed by atoms with Crippen molar-refractivity contribution < 1.29 is 10.2 Å². The van der Waals surface area contributed by atoms with Crippen LogP contribution in [0.2, 0.25) is 0 Å². The van der Waals surface area contributed by atoms with E-state index in [1.165, 1.54) is 5.56 Å². The molecule has 0 aliphatic carbocycles. The van der Waals surface area contributed by atoms with Crippen LogP contribution in [0.15, 0.2) is 30.3 Å². The van der Waals surface area contributed by atoms with Crippen molar-refractivity contribution in [3.63, 3.8) is 0 Å². The van der Waals surface area contributed by atoms with E-state index in [4.69, 9.17) is 0 Å². The lowest BCUT2D eigenvalue weighted by molar-refractivity contribution is 0.466. The van der Waals surface area contributed by atoms with E-state index in [9.17, 15) is 10.2 Å². The minimum Gasteiger partial charge on any atom is -0.508 e. The van der Waals surface area contributed by atoms with Crippen molar-refractivity contribution in [3.8, 4) is 22.6 Å². The van der Waals surface area contributed by atoms with Gasteiger partial charge in [-0.2, -0.15) is 0 Å². The fraction of sp³-hybridized carbons (Fsp3) is 0.400.